The Morgan fingerprint density at radius 1 is 1.33 bits per heavy atom. The Kier molecular flexibility index (Phi) is 8.95. The number of aliphatic imine (C=N–C) groups is 1. The fourth-order valence-electron chi connectivity index (χ4n) is 1.67. The largest absolute Gasteiger partial charge is 0.477 e. The lowest BCUT2D eigenvalue weighted by Crippen LogP contribution is -2.38. The first kappa shape index (κ1) is 17.2. The first-order valence-electron chi connectivity index (χ1n) is 7.32. The molecule has 0 spiro atoms. The van der Waals surface area contributed by atoms with Crippen molar-refractivity contribution in [2.45, 2.75) is 26.3 Å². The second-order valence-corrected chi connectivity index (χ2v) is 4.52. The highest BCUT2D eigenvalue weighted by Crippen LogP contribution is 2.14. The van der Waals surface area contributed by atoms with Gasteiger partial charge in [0.05, 0.1) is 13.2 Å². The fourth-order valence-corrected chi connectivity index (χ4v) is 1.67. The summed E-state index contributed by atoms with van der Waals surface area (Å²) >= 11 is 0. The SMILES string of the molecule is CCCCOc1ncccc1CNC(=NC)NCCOC. The maximum Gasteiger partial charge on any atom is 0.218 e. The van der Waals surface area contributed by atoms with Crippen LogP contribution in [0.1, 0.15) is 25.3 Å². The molecule has 21 heavy (non-hydrogen) atoms. The van der Waals surface area contributed by atoms with Crippen molar-refractivity contribution in [1.29, 1.82) is 0 Å². The Balaban J connectivity index is 2.49. The fraction of sp³-hybridized carbons (Fsp3) is 0.600. The van der Waals surface area contributed by atoms with Gasteiger partial charge >= 0.3 is 0 Å². The molecule has 1 aromatic heterocycles. The lowest BCUT2D eigenvalue weighted by molar-refractivity contribution is 0.203. The molecular formula is C15H26N4O2. The van der Waals surface area contributed by atoms with Gasteiger partial charge in [0, 0.05) is 39.0 Å². The van der Waals surface area contributed by atoms with Gasteiger partial charge in [0.15, 0.2) is 5.96 Å². The summed E-state index contributed by atoms with van der Waals surface area (Å²) in [4.78, 5) is 8.44. The Labute approximate surface area is 127 Å². The third-order valence-electron chi connectivity index (χ3n) is 2.86. The van der Waals surface area contributed by atoms with E-state index >= 15 is 0 Å². The van der Waals surface area contributed by atoms with E-state index in [4.69, 9.17) is 9.47 Å². The number of unbranched alkanes of at least 4 members (excludes halogenated alkanes) is 1. The highest BCUT2D eigenvalue weighted by Gasteiger charge is 2.05. The monoisotopic (exact) mass is 294 g/mol. The van der Waals surface area contributed by atoms with Crippen LogP contribution in [0.25, 0.3) is 0 Å². The van der Waals surface area contributed by atoms with Crippen LogP contribution in [0.15, 0.2) is 23.3 Å². The second kappa shape index (κ2) is 10.9. The minimum atomic E-state index is 0.613. The molecule has 0 atom stereocenters. The molecule has 0 unspecified atom stereocenters. The van der Waals surface area contributed by atoms with Crippen molar-refractivity contribution in [1.82, 2.24) is 15.6 Å². The van der Waals surface area contributed by atoms with Crippen LogP contribution >= 0.6 is 0 Å². The van der Waals surface area contributed by atoms with Gasteiger partial charge in [0.2, 0.25) is 5.88 Å². The molecule has 0 aliphatic rings. The number of pyridine rings is 1. The van der Waals surface area contributed by atoms with Gasteiger partial charge in [-0.1, -0.05) is 19.4 Å². The van der Waals surface area contributed by atoms with Crippen molar-refractivity contribution < 1.29 is 9.47 Å². The van der Waals surface area contributed by atoms with Crippen LogP contribution in [-0.4, -0.2) is 44.9 Å². The van der Waals surface area contributed by atoms with E-state index in [1.807, 2.05) is 12.1 Å². The summed E-state index contributed by atoms with van der Waals surface area (Å²) in [6.07, 6.45) is 3.89. The highest BCUT2D eigenvalue weighted by molar-refractivity contribution is 5.79. The lowest BCUT2D eigenvalue weighted by atomic mass is 10.2. The normalized spacial score (nSPS) is 11.3. The first-order valence-corrected chi connectivity index (χ1v) is 7.32. The summed E-state index contributed by atoms with van der Waals surface area (Å²) in [6.45, 7) is 4.80. The maximum absolute atomic E-state index is 5.71. The zero-order valence-electron chi connectivity index (χ0n) is 13.2. The minimum Gasteiger partial charge on any atom is -0.477 e. The Morgan fingerprint density at radius 2 is 2.19 bits per heavy atom. The maximum atomic E-state index is 5.71. The molecule has 6 nitrogen and oxygen atoms in total. The predicted octanol–water partition coefficient (Wildman–Crippen LogP) is 1.57. The van der Waals surface area contributed by atoms with Crippen LogP contribution in [0, 0.1) is 0 Å². The van der Waals surface area contributed by atoms with Crippen LogP contribution in [0.4, 0.5) is 0 Å². The third kappa shape index (κ3) is 6.94. The van der Waals surface area contributed by atoms with Crippen LogP contribution in [0.3, 0.4) is 0 Å². The zero-order chi connectivity index (χ0) is 15.3. The van der Waals surface area contributed by atoms with Gasteiger partial charge in [-0.05, 0) is 12.5 Å². The number of hydrogen-bond donors (Lipinski definition) is 2. The predicted molar refractivity (Wildman–Crippen MR) is 84.7 cm³/mol. The topological polar surface area (TPSA) is 67.8 Å². The number of nitrogens with one attached hydrogen (secondary N) is 2. The molecule has 118 valence electrons. The average molecular weight is 294 g/mol. The molecule has 6 heteroatoms. The van der Waals surface area contributed by atoms with E-state index in [-0.39, 0.29) is 0 Å². The van der Waals surface area contributed by atoms with E-state index in [9.17, 15) is 0 Å². The van der Waals surface area contributed by atoms with E-state index < -0.39 is 0 Å². The summed E-state index contributed by atoms with van der Waals surface area (Å²) in [5.74, 6) is 1.42. The van der Waals surface area contributed by atoms with E-state index in [2.05, 4.69) is 27.5 Å². The smallest absolute Gasteiger partial charge is 0.218 e. The zero-order valence-corrected chi connectivity index (χ0v) is 13.2. The Morgan fingerprint density at radius 3 is 2.90 bits per heavy atom. The molecule has 0 amide bonds. The van der Waals surface area contributed by atoms with Crippen molar-refractivity contribution in [3.8, 4) is 5.88 Å². The molecule has 0 saturated carbocycles. The number of ether oxygens (including phenoxy) is 2. The van der Waals surface area contributed by atoms with Crippen molar-refractivity contribution in [3.05, 3.63) is 23.9 Å². The molecule has 1 rings (SSSR count). The molecule has 0 aliphatic carbocycles. The van der Waals surface area contributed by atoms with Gasteiger partial charge in [-0.15, -0.1) is 0 Å². The average Bonchev–Trinajstić information content (AvgIpc) is 2.52. The van der Waals surface area contributed by atoms with Crippen LogP contribution in [0.5, 0.6) is 5.88 Å². The molecule has 0 fully saturated rings. The molecule has 0 aliphatic heterocycles. The van der Waals surface area contributed by atoms with Crippen molar-refractivity contribution in [2.75, 3.05) is 33.9 Å². The van der Waals surface area contributed by atoms with Crippen LogP contribution < -0.4 is 15.4 Å². The Hall–Kier alpha value is -1.82. The summed E-state index contributed by atoms with van der Waals surface area (Å²) in [7, 11) is 3.41. The van der Waals surface area contributed by atoms with E-state index in [0.29, 0.717) is 32.2 Å². The molecule has 2 N–H and O–H groups in total. The highest BCUT2D eigenvalue weighted by atomic mass is 16.5. The van der Waals surface area contributed by atoms with Gasteiger partial charge in [0.1, 0.15) is 0 Å². The van der Waals surface area contributed by atoms with Crippen LogP contribution in [0.2, 0.25) is 0 Å². The number of nitrogens with zero attached hydrogens (tertiary/aromatic N) is 2. The number of methoxy groups -OCH3 is 1. The number of rotatable bonds is 9. The number of hydrogen-bond acceptors (Lipinski definition) is 4. The molecule has 0 bridgehead atoms. The lowest BCUT2D eigenvalue weighted by Gasteiger charge is -2.13. The number of guanidine groups is 1. The van der Waals surface area contributed by atoms with Gasteiger partial charge in [-0.3, -0.25) is 4.99 Å². The van der Waals surface area contributed by atoms with Crippen molar-refractivity contribution >= 4 is 5.96 Å². The van der Waals surface area contributed by atoms with Gasteiger partial charge in [-0.25, -0.2) is 4.98 Å². The van der Waals surface area contributed by atoms with Crippen LogP contribution in [-0.2, 0) is 11.3 Å². The quantitative estimate of drug-likeness (QED) is 0.411. The summed E-state index contributed by atoms with van der Waals surface area (Å²) < 4.78 is 10.7. The standard InChI is InChI=1S/C15H26N4O2/c1-4-5-10-21-14-13(7-6-8-17-14)12-19-15(16-2)18-9-11-20-3/h6-8H,4-5,9-12H2,1-3H3,(H2,16,18,19). The molecule has 0 aromatic carbocycles. The minimum absolute atomic E-state index is 0.613. The first-order chi connectivity index (χ1) is 10.3. The number of aromatic nitrogens is 1. The molecular weight excluding hydrogens is 268 g/mol. The summed E-state index contributed by atoms with van der Waals surface area (Å²) in [5.41, 5.74) is 1.02. The van der Waals surface area contributed by atoms with Crippen molar-refractivity contribution in [3.63, 3.8) is 0 Å². The Bertz CT molecular complexity index is 424. The van der Waals surface area contributed by atoms with Gasteiger partial charge < -0.3 is 20.1 Å². The molecule has 0 radical (unpaired) electrons. The summed E-state index contributed by atoms with van der Waals surface area (Å²) in [5, 5.41) is 6.40. The van der Waals surface area contributed by atoms with E-state index in [0.717, 1.165) is 24.4 Å². The van der Waals surface area contributed by atoms with Crippen molar-refractivity contribution in [2.24, 2.45) is 4.99 Å². The van der Waals surface area contributed by atoms with Gasteiger partial charge in [0.25, 0.3) is 0 Å². The molecule has 0 saturated heterocycles. The van der Waals surface area contributed by atoms with Gasteiger partial charge in [-0.2, -0.15) is 0 Å². The summed E-state index contributed by atoms with van der Waals surface area (Å²) in [6, 6.07) is 3.91. The van der Waals surface area contributed by atoms with E-state index in [1.54, 1.807) is 20.4 Å². The van der Waals surface area contributed by atoms with E-state index in [1.165, 1.54) is 0 Å². The molecule has 1 aromatic rings. The molecule has 1 heterocycles. The second-order valence-electron chi connectivity index (χ2n) is 4.52. The third-order valence-corrected chi connectivity index (χ3v) is 2.86.